The van der Waals surface area contributed by atoms with Crippen molar-refractivity contribution < 1.29 is 17.9 Å². The third-order valence-electron chi connectivity index (χ3n) is 5.68. The second kappa shape index (κ2) is 12.0. The van der Waals surface area contributed by atoms with Gasteiger partial charge in [0.2, 0.25) is 10.0 Å². The Morgan fingerprint density at radius 3 is 2.28 bits per heavy atom. The van der Waals surface area contributed by atoms with Gasteiger partial charge in [-0.1, -0.05) is 60.1 Å². The lowest BCUT2D eigenvalue weighted by molar-refractivity contribution is 0.284. The van der Waals surface area contributed by atoms with E-state index in [0.717, 1.165) is 16.7 Å². The highest BCUT2D eigenvalue weighted by molar-refractivity contribution is 7.89. The molecule has 36 heavy (non-hydrogen) atoms. The highest BCUT2D eigenvalue weighted by Crippen LogP contribution is 2.31. The smallest absolute Gasteiger partial charge is 0.244 e. The predicted molar refractivity (Wildman–Crippen MR) is 141 cm³/mol. The van der Waals surface area contributed by atoms with Crippen molar-refractivity contribution in [1.29, 1.82) is 0 Å². The van der Waals surface area contributed by atoms with E-state index in [0.29, 0.717) is 24.5 Å². The standard InChI is InChI=1S/C28H27ClN2O4S/c1-34-27-19-24(11-12-26(27)35-21-23-7-3-2-4-8-23)20-31(18-15-22-13-16-30-17-14-22)36(32,33)28-10-6-5-9-25(28)29/h2-14,16-17,19H,15,18,20-21H2,1H3. The molecule has 0 radical (unpaired) electrons. The predicted octanol–water partition coefficient (Wildman–Crippen LogP) is 5.76. The van der Waals surface area contributed by atoms with Gasteiger partial charge in [-0.15, -0.1) is 0 Å². The molecule has 0 bridgehead atoms. The van der Waals surface area contributed by atoms with Crippen LogP contribution >= 0.6 is 11.6 Å². The average molecular weight is 523 g/mol. The number of hydrogen-bond acceptors (Lipinski definition) is 5. The Bertz CT molecular complexity index is 1380. The molecule has 6 nitrogen and oxygen atoms in total. The zero-order chi connectivity index (χ0) is 25.4. The van der Waals surface area contributed by atoms with Gasteiger partial charge < -0.3 is 9.47 Å². The van der Waals surface area contributed by atoms with Gasteiger partial charge in [0.1, 0.15) is 11.5 Å². The van der Waals surface area contributed by atoms with Crippen LogP contribution in [0.25, 0.3) is 0 Å². The maximum atomic E-state index is 13.6. The molecule has 186 valence electrons. The largest absolute Gasteiger partial charge is 0.493 e. The monoisotopic (exact) mass is 522 g/mol. The van der Waals surface area contributed by atoms with E-state index in [1.54, 1.807) is 43.8 Å². The molecule has 0 fully saturated rings. The van der Waals surface area contributed by atoms with Gasteiger partial charge in [0.05, 0.1) is 12.1 Å². The first kappa shape index (κ1) is 25.7. The fourth-order valence-electron chi connectivity index (χ4n) is 3.75. The summed E-state index contributed by atoms with van der Waals surface area (Å²) in [6.07, 6.45) is 3.92. The molecule has 0 aliphatic carbocycles. The molecule has 0 aliphatic rings. The zero-order valence-electron chi connectivity index (χ0n) is 19.9. The van der Waals surface area contributed by atoms with Gasteiger partial charge in [0, 0.05) is 25.5 Å². The lowest BCUT2D eigenvalue weighted by Gasteiger charge is -2.23. The third kappa shape index (κ3) is 6.43. The van der Waals surface area contributed by atoms with E-state index in [4.69, 9.17) is 21.1 Å². The summed E-state index contributed by atoms with van der Waals surface area (Å²) >= 11 is 6.28. The first-order chi connectivity index (χ1) is 17.5. The van der Waals surface area contributed by atoms with Crippen molar-refractivity contribution in [3.8, 4) is 11.5 Å². The molecule has 0 amide bonds. The van der Waals surface area contributed by atoms with E-state index in [9.17, 15) is 8.42 Å². The molecule has 1 aromatic heterocycles. The Morgan fingerprint density at radius 1 is 0.833 bits per heavy atom. The number of methoxy groups -OCH3 is 1. The third-order valence-corrected chi connectivity index (χ3v) is 8.02. The molecule has 0 spiro atoms. The van der Waals surface area contributed by atoms with Crippen LogP contribution in [-0.2, 0) is 29.6 Å². The molecule has 0 saturated heterocycles. The van der Waals surface area contributed by atoms with Crippen LogP contribution in [0.1, 0.15) is 16.7 Å². The first-order valence-electron chi connectivity index (χ1n) is 11.4. The van der Waals surface area contributed by atoms with Crippen molar-refractivity contribution >= 4 is 21.6 Å². The topological polar surface area (TPSA) is 68.7 Å². The summed E-state index contributed by atoms with van der Waals surface area (Å²) in [5.41, 5.74) is 2.80. The van der Waals surface area contributed by atoms with E-state index in [-0.39, 0.29) is 23.0 Å². The molecule has 0 unspecified atom stereocenters. The van der Waals surface area contributed by atoms with E-state index >= 15 is 0 Å². The van der Waals surface area contributed by atoms with Gasteiger partial charge in [-0.2, -0.15) is 4.31 Å². The van der Waals surface area contributed by atoms with E-state index < -0.39 is 10.0 Å². The van der Waals surface area contributed by atoms with Crippen molar-refractivity contribution in [3.05, 3.63) is 119 Å². The van der Waals surface area contributed by atoms with Crippen molar-refractivity contribution in [3.63, 3.8) is 0 Å². The van der Waals surface area contributed by atoms with Crippen LogP contribution in [0, 0.1) is 0 Å². The minimum absolute atomic E-state index is 0.0798. The van der Waals surface area contributed by atoms with Gasteiger partial charge in [0.15, 0.2) is 11.5 Å². The number of aromatic nitrogens is 1. The Balaban J connectivity index is 1.58. The molecule has 0 N–H and O–H groups in total. The second-order valence-electron chi connectivity index (χ2n) is 8.13. The number of rotatable bonds is 11. The summed E-state index contributed by atoms with van der Waals surface area (Å²) in [6.45, 7) is 0.815. The number of sulfonamides is 1. The van der Waals surface area contributed by atoms with Crippen LogP contribution in [0.3, 0.4) is 0 Å². The molecule has 4 rings (SSSR count). The lowest BCUT2D eigenvalue weighted by atomic mass is 10.1. The summed E-state index contributed by atoms with van der Waals surface area (Å²) in [5, 5.41) is 0.189. The van der Waals surface area contributed by atoms with Crippen LogP contribution in [0.15, 0.2) is 102 Å². The van der Waals surface area contributed by atoms with Gasteiger partial charge in [0.25, 0.3) is 0 Å². The Hall–Kier alpha value is -3.39. The number of hydrogen-bond donors (Lipinski definition) is 0. The van der Waals surface area contributed by atoms with Crippen molar-refractivity contribution in [2.45, 2.75) is 24.5 Å². The summed E-state index contributed by atoms with van der Waals surface area (Å²) in [7, 11) is -2.30. The molecule has 0 saturated carbocycles. The molecule has 8 heteroatoms. The quantitative estimate of drug-likeness (QED) is 0.250. The molecular weight excluding hydrogens is 496 g/mol. The van der Waals surface area contributed by atoms with E-state index in [2.05, 4.69) is 4.98 Å². The molecular formula is C28H27ClN2O4S. The Labute approximate surface area is 217 Å². The number of pyridine rings is 1. The highest BCUT2D eigenvalue weighted by atomic mass is 35.5. The summed E-state index contributed by atoms with van der Waals surface area (Å²) in [4.78, 5) is 4.11. The lowest BCUT2D eigenvalue weighted by Crippen LogP contribution is -2.32. The van der Waals surface area contributed by atoms with Crippen LogP contribution in [0.2, 0.25) is 5.02 Å². The number of nitrogens with zero attached hydrogens (tertiary/aromatic N) is 2. The molecule has 0 aliphatic heterocycles. The fraction of sp³-hybridized carbons (Fsp3) is 0.179. The van der Waals surface area contributed by atoms with E-state index in [1.165, 1.54) is 10.4 Å². The fourth-order valence-corrected chi connectivity index (χ4v) is 5.67. The average Bonchev–Trinajstić information content (AvgIpc) is 2.91. The Kier molecular flexibility index (Phi) is 8.59. The van der Waals surface area contributed by atoms with Gasteiger partial charge in [-0.3, -0.25) is 4.98 Å². The maximum absolute atomic E-state index is 13.6. The molecule has 0 atom stereocenters. The zero-order valence-corrected chi connectivity index (χ0v) is 21.5. The minimum Gasteiger partial charge on any atom is -0.493 e. The van der Waals surface area contributed by atoms with Gasteiger partial charge in [-0.25, -0.2) is 8.42 Å². The molecule has 1 heterocycles. The minimum atomic E-state index is -3.86. The van der Waals surface area contributed by atoms with Crippen LogP contribution in [-0.4, -0.2) is 31.4 Å². The summed E-state index contributed by atoms with van der Waals surface area (Å²) in [5.74, 6) is 1.12. The summed E-state index contributed by atoms with van der Waals surface area (Å²) in [6, 6.07) is 25.5. The van der Waals surface area contributed by atoms with Gasteiger partial charge in [-0.05, 0) is 59.5 Å². The maximum Gasteiger partial charge on any atom is 0.244 e. The Morgan fingerprint density at radius 2 is 1.56 bits per heavy atom. The number of benzene rings is 3. The van der Waals surface area contributed by atoms with Crippen molar-refractivity contribution in [2.75, 3.05) is 13.7 Å². The van der Waals surface area contributed by atoms with E-state index in [1.807, 2.05) is 54.6 Å². The highest BCUT2D eigenvalue weighted by Gasteiger charge is 2.27. The molecule has 4 aromatic rings. The number of ether oxygens (including phenoxy) is 2. The summed E-state index contributed by atoms with van der Waals surface area (Å²) < 4.78 is 40.2. The first-order valence-corrected chi connectivity index (χ1v) is 13.3. The second-order valence-corrected chi connectivity index (χ2v) is 10.4. The van der Waals surface area contributed by atoms with Crippen LogP contribution in [0.5, 0.6) is 11.5 Å². The van der Waals surface area contributed by atoms with Crippen molar-refractivity contribution in [1.82, 2.24) is 9.29 Å². The van der Waals surface area contributed by atoms with Gasteiger partial charge >= 0.3 is 0 Å². The molecule has 3 aromatic carbocycles. The van der Waals surface area contributed by atoms with Crippen LogP contribution < -0.4 is 9.47 Å². The SMILES string of the molecule is COc1cc(CN(CCc2ccncc2)S(=O)(=O)c2ccccc2Cl)ccc1OCc1ccccc1. The number of halogens is 1. The normalized spacial score (nSPS) is 11.4. The van der Waals surface area contributed by atoms with Crippen molar-refractivity contribution in [2.24, 2.45) is 0 Å². The van der Waals surface area contributed by atoms with Crippen LogP contribution in [0.4, 0.5) is 0 Å².